The van der Waals surface area contributed by atoms with Gasteiger partial charge in [0.2, 0.25) is 0 Å². The second-order valence-corrected chi connectivity index (χ2v) is 9.69. The standard InChI is InChI=1S/C30H46F2N2O/c1-3-5-6-7-8-9-10-11-12-14-25-17-19-26(20-18-25)30-33-23-29(24-34-30)35-22-21-28(32)16-13-15-27(31)4-2/h17-20,23-24,27-28H,3-16,21-22H2,1-2H3. The fourth-order valence-electron chi connectivity index (χ4n) is 4.21. The van der Waals surface area contributed by atoms with Gasteiger partial charge in [0.1, 0.15) is 6.17 Å². The zero-order chi connectivity index (χ0) is 25.1. The summed E-state index contributed by atoms with van der Waals surface area (Å²) in [7, 11) is 0. The lowest BCUT2D eigenvalue weighted by Gasteiger charge is -2.10. The molecule has 2 unspecified atom stereocenters. The molecule has 0 aliphatic heterocycles. The van der Waals surface area contributed by atoms with E-state index in [4.69, 9.17) is 4.74 Å². The number of hydrogen-bond acceptors (Lipinski definition) is 3. The van der Waals surface area contributed by atoms with E-state index in [2.05, 4.69) is 41.2 Å². The van der Waals surface area contributed by atoms with Crippen LogP contribution >= 0.6 is 0 Å². The van der Waals surface area contributed by atoms with Crippen molar-refractivity contribution in [2.24, 2.45) is 0 Å². The van der Waals surface area contributed by atoms with Gasteiger partial charge < -0.3 is 4.74 Å². The molecule has 0 saturated heterocycles. The maximum Gasteiger partial charge on any atom is 0.159 e. The lowest BCUT2D eigenvalue weighted by atomic mass is 10.0. The van der Waals surface area contributed by atoms with Crippen molar-refractivity contribution < 1.29 is 13.5 Å². The third kappa shape index (κ3) is 13.0. The van der Waals surface area contributed by atoms with E-state index in [0.29, 0.717) is 43.7 Å². The molecule has 2 aromatic rings. The normalized spacial score (nSPS) is 13.0. The smallest absolute Gasteiger partial charge is 0.159 e. The number of halogens is 2. The number of aromatic nitrogens is 2. The number of unbranched alkanes of at least 4 members (excludes halogenated alkanes) is 8. The van der Waals surface area contributed by atoms with E-state index in [-0.39, 0.29) is 6.61 Å². The van der Waals surface area contributed by atoms with E-state index in [0.717, 1.165) is 12.0 Å². The number of hydrogen-bond donors (Lipinski definition) is 0. The molecule has 196 valence electrons. The predicted octanol–water partition coefficient (Wildman–Crippen LogP) is 9.24. The van der Waals surface area contributed by atoms with Crippen molar-refractivity contribution in [1.29, 1.82) is 0 Å². The molecule has 0 spiro atoms. The molecular formula is C30H46F2N2O. The van der Waals surface area contributed by atoms with Crippen LogP contribution in [0, 0.1) is 0 Å². The van der Waals surface area contributed by atoms with Gasteiger partial charge in [-0.2, -0.15) is 0 Å². The molecular weight excluding hydrogens is 442 g/mol. The molecule has 0 bridgehead atoms. The highest BCUT2D eigenvalue weighted by Gasteiger charge is 2.10. The number of ether oxygens (including phenoxy) is 1. The van der Waals surface area contributed by atoms with Gasteiger partial charge in [0, 0.05) is 12.0 Å². The lowest BCUT2D eigenvalue weighted by Crippen LogP contribution is -2.09. The highest BCUT2D eigenvalue weighted by molar-refractivity contribution is 5.55. The molecule has 5 heteroatoms. The van der Waals surface area contributed by atoms with Crippen molar-refractivity contribution in [1.82, 2.24) is 9.97 Å². The summed E-state index contributed by atoms with van der Waals surface area (Å²) in [5.41, 5.74) is 2.34. The first kappa shape index (κ1) is 29.2. The van der Waals surface area contributed by atoms with Gasteiger partial charge in [0.05, 0.1) is 25.2 Å². The molecule has 0 amide bonds. The topological polar surface area (TPSA) is 35.0 Å². The van der Waals surface area contributed by atoms with Gasteiger partial charge in [0.15, 0.2) is 11.6 Å². The Hall–Kier alpha value is -2.04. The summed E-state index contributed by atoms with van der Waals surface area (Å²) in [6, 6.07) is 8.49. The average molecular weight is 489 g/mol. The number of nitrogens with zero attached hydrogens (tertiary/aromatic N) is 2. The lowest BCUT2D eigenvalue weighted by molar-refractivity contribution is 0.213. The van der Waals surface area contributed by atoms with E-state index >= 15 is 0 Å². The SMILES string of the molecule is CCCCCCCCCCCc1ccc(-c2ncc(OCCC(F)CCCC(F)CC)cn2)cc1. The Kier molecular flexibility index (Phi) is 15.2. The summed E-state index contributed by atoms with van der Waals surface area (Å²) in [6.07, 6.45) is 16.9. The highest BCUT2D eigenvalue weighted by Crippen LogP contribution is 2.20. The van der Waals surface area contributed by atoms with E-state index in [1.165, 1.54) is 63.4 Å². The Morgan fingerprint density at radius 2 is 1.31 bits per heavy atom. The maximum atomic E-state index is 13.9. The van der Waals surface area contributed by atoms with Crippen LogP contribution in [0.25, 0.3) is 11.4 Å². The van der Waals surface area contributed by atoms with Gasteiger partial charge in [-0.15, -0.1) is 0 Å². The summed E-state index contributed by atoms with van der Waals surface area (Å²) in [5, 5.41) is 0. The monoisotopic (exact) mass is 488 g/mol. The van der Waals surface area contributed by atoms with Gasteiger partial charge in [-0.3, -0.25) is 0 Å². The molecule has 35 heavy (non-hydrogen) atoms. The average Bonchev–Trinajstić information content (AvgIpc) is 2.88. The van der Waals surface area contributed by atoms with Gasteiger partial charge >= 0.3 is 0 Å². The molecule has 1 aromatic carbocycles. The maximum absolute atomic E-state index is 13.9. The van der Waals surface area contributed by atoms with Crippen LogP contribution in [0.3, 0.4) is 0 Å². The van der Waals surface area contributed by atoms with Crippen LogP contribution in [-0.2, 0) is 6.42 Å². The minimum absolute atomic E-state index is 0.268. The van der Waals surface area contributed by atoms with Crippen molar-refractivity contribution in [2.45, 2.75) is 123 Å². The Balaban J connectivity index is 1.62. The zero-order valence-electron chi connectivity index (χ0n) is 22.0. The van der Waals surface area contributed by atoms with Crippen LogP contribution in [0.4, 0.5) is 8.78 Å². The molecule has 0 radical (unpaired) electrons. The van der Waals surface area contributed by atoms with E-state index in [1.807, 2.05) is 6.92 Å². The Morgan fingerprint density at radius 3 is 1.94 bits per heavy atom. The Labute approximate surface area is 212 Å². The Bertz CT molecular complexity index is 767. The molecule has 2 rings (SSSR count). The summed E-state index contributed by atoms with van der Waals surface area (Å²) in [4.78, 5) is 8.81. The molecule has 0 saturated carbocycles. The van der Waals surface area contributed by atoms with Crippen LogP contribution < -0.4 is 4.74 Å². The van der Waals surface area contributed by atoms with Crippen LogP contribution in [-0.4, -0.2) is 28.9 Å². The first-order valence-corrected chi connectivity index (χ1v) is 13.9. The number of rotatable bonds is 20. The van der Waals surface area contributed by atoms with Crippen molar-refractivity contribution in [3.63, 3.8) is 0 Å². The van der Waals surface area contributed by atoms with Crippen molar-refractivity contribution in [3.05, 3.63) is 42.2 Å². The van der Waals surface area contributed by atoms with E-state index in [9.17, 15) is 8.78 Å². The summed E-state index contributed by atoms with van der Waals surface area (Å²) in [6.45, 7) is 4.34. The molecule has 0 N–H and O–H groups in total. The first-order chi connectivity index (χ1) is 17.1. The summed E-state index contributed by atoms with van der Waals surface area (Å²) < 4.78 is 32.7. The third-order valence-corrected chi connectivity index (χ3v) is 6.59. The van der Waals surface area contributed by atoms with Crippen molar-refractivity contribution in [3.8, 4) is 17.1 Å². The van der Waals surface area contributed by atoms with Gasteiger partial charge in [-0.1, -0.05) is 89.5 Å². The van der Waals surface area contributed by atoms with Crippen LogP contribution in [0.5, 0.6) is 5.75 Å². The number of benzene rings is 1. The van der Waals surface area contributed by atoms with Crippen molar-refractivity contribution >= 4 is 0 Å². The van der Waals surface area contributed by atoms with Crippen LogP contribution in [0.15, 0.2) is 36.7 Å². The minimum atomic E-state index is -0.965. The quantitative estimate of drug-likeness (QED) is 0.174. The molecule has 2 atom stereocenters. The van der Waals surface area contributed by atoms with E-state index < -0.39 is 12.3 Å². The Morgan fingerprint density at radius 1 is 0.714 bits per heavy atom. The molecule has 0 fully saturated rings. The minimum Gasteiger partial charge on any atom is -0.490 e. The number of aryl methyl sites for hydroxylation is 1. The molecule has 0 aliphatic carbocycles. The summed E-state index contributed by atoms with van der Waals surface area (Å²) in [5.74, 6) is 1.20. The summed E-state index contributed by atoms with van der Waals surface area (Å²) >= 11 is 0. The second kappa shape index (κ2) is 18.3. The van der Waals surface area contributed by atoms with Gasteiger partial charge in [-0.25, -0.2) is 18.7 Å². The molecule has 0 aliphatic rings. The highest BCUT2D eigenvalue weighted by atomic mass is 19.1. The van der Waals surface area contributed by atoms with Gasteiger partial charge in [0.25, 0.3) is 0 Å². The van der Waals surface area contributed by atoms with Crippen molar-refractivity contribution in [2.75, 3.05) is 6.61 Å². The predicted molar refractivity (Wildman–Crippen MR) is 142 cm³/mol. The largest absolute Gasteiger partial charge is 0.490 e. The van der Waals surface area contributed by atoms with Crippen LogP contribution in [0.2, 0.25) is 0 Å². The molecule has 1 heterocycles. The molecule has 3 nitrogen and oxygen atoms in total. The second-order valence-electron chi connectivity index (χ2n) is 9.69. The number of alkyl halides is 2. The van der Waals surface area contributed by atoms with Gasteiger partial charge in [-0.05, 0) is 44.1 Å². The zero-order valence-corrected chi connectivity index (χ0v) is 22.0. The fraction of sp³-hybridized carbons (Fsp3) is 0.667. The molecule has 1 aromatic heterocycles. The van der Waals surface area contributed by atoms with Crippen LogP contribution in [0.1, 0.15) is 109 Å². The third-order valence-electron chi connectivity index (χ3n) is 6.59. The fourth-order valence-corrected chi connectivity index (χ4v) is 4.21. The van der Waals surface area contributed by atoms with E-state index in [1.54, 1.807) is 12.4 Å². The first-order valence-electron chi connectivity index (χ1n) is 13.9.